The standard InChI is InChI=1S/C17H23N5O3/c1-11(18)14-10-22(8-9-25-14)15(23)6-7-19-17(24)16-12-4-2-3-5-13(12)20-21-16/h2-5,11,14H,6-10,18H2,1H3,(H,19,24)(H,20,21). The molecular formula is C17H23N5O3. The van der Waals surface area contributed by atoms with Gasteiger partial charge in [0.2, 0.25) is 5.91 Å². The molecule has 1 aromatic carbocycles. The molecule has 2 atom stereocenters. The summed E-state index contributed by atoms with van der Waals surface area (Å²) >= 11 is 0. The van der Waals surface area contributed by atoms with Crippen molar-refractivity contribution in [3.8, 4) is 0 Å². The topological polar surface area (TPSA) is 113 Å². The van der Waals surface area contributed by atoms with Crippen LogP contribution in [0.1, 0.15) is 23.8 Å². The molecule has 1 aromatic heterocycles. The number of ether oxygens (including phenoxy) is 1. The third-order valence-electron chi connectivity index (χ3n) is 4.34. The average molecular weight is 345 g/mol. The number of aromatic amines is 1. The molecule has 8 heteroatoms. The number of carbonyl (C=O) groups is 2. The highest BCUT2D eigenvalue weighted by Crippen LogP contribution is 2.14. The van der Waals surface area contributed by atoms with Crippen molar-refractivity contribution in [1.29, 1.82) is 0 Å². The van der Waals surface area contributed by atoms with Gasteiger partial charge in [-0.05, 0) is 13.0 Å². The first-order valence-electron chi connectivity index (χ1n) is 8.42. The number of hydrogen-bond acceptors (Lipinski definition) is 5. The number of nitrogens with one attached hydrogen (secondary N) is 2. The molecule has 0 aliphatic carbocycles. The summed E-state index contributed by atoms with van der Waals surface area (Å²) in [5.74, 6) is -0.304. The van der Waals surface area contributed by atoms with E-state index in [1.165, 1.54) is 0 Å². The van der Waals surface area contributed by atoms with Gasteiger partial charge in [0.1, 0.15) is 0 Å². The minimum absolute atomic E-state index is 0.0128. The lowest BCUT2D eigenvalue weighted by Crippen LogP contribution is -2.51. The van der Waals surface area contributed by atoms with Crippen LogP contribution in [0.15, 0.2) is 24.3 Å². The highest BCUT2D eigenvalue weighted by molar-refractivity contribution is 6.04. The Morgan fingerprint density at radius 2 is 2.28 bits per heavy atom. The summed E-state index contributed by atoms with van der Waals surface area (Å²) in [5.41, 5.74) is 6.98. The number of H-pyrrole nitrogens is 1. The van der Waals surface area contributed by atoms with Crippen molar-refractivity contribution in [2.24, 2.45) is 5.73 Å². The summed E-state index contributed by atoms with van der Waals surface area (Å²) in [6.45, 7) is 3.67. The molecule has 4 N–H and O–H groups in total. The molecular weight excluding hydrogens is 322 g/mol. The fraction of sp³-hybridized carbons (Fsp3) is 0.471. The molecule has 8 nitrogen and oxygen atoms in total. The van der Waals surface area contributed by atoms with Crippen molar-refractivity contribution in [3.63, 3.8) is 0 Å². The molecule has 0 radical (unpaired) electrons. The SMILES string of the molecule is CC(N)C1CN(C(=O)CCNC(=O)c2n[nH]c3ccccc23)CCO1. The second-order valence-corrected chi connectivity index (χ2v) is 6.23. The first kappa shape index (κ1) is 17.4. The predicted molar refractivity (Wildman–Crippen MR) is 93.0 cm³/mol. The van der Waals surface area contributed by atoms with Crippen molar-refractivity contribution >= 4 is 22.7 Å². The van der Waals surface area contributed by atoms with Gasteiger partial charge >= 0.3 is 0 Å². The summed E-state index contributed by atoms with van der Waals surface area (Å²) in [7, 11) is 0. The minimum Gasteiger partial charge on any atom is -0.373 e. The van der Waals surface area contributed by atoms with Crippen LogP contribution < -0.4 is 11.1 Å². The lowest BCUT2D eigenvalue weighted by Gasteiger charge is -2.34. The summed E-state index contributed by atoms with van der Waals surface area (Å²) < 4.78 is 5.55. The van der Waals surface area contributed by atoms with E-state index in [1.807, 2.05) is 31.2 Å². The van der Waals surface area contributed by atoms with Gasteiger partial charge in [0.15, 0.2) is 5.69 Å². The molecule has 1 aliphatic heterocycles. The molecule has 1 fully saturated rings. The Labute approximate surface area is 145 Å². The number of amides is 2. The quantitative estimate of drug-likeness (QED) is 0.719. The number of morpholine rings is 1. The Morgan fingerprint density at radius 3 is 3.08 bits per heavy atom. The van der Waals surface area contributed by atoms with E-state index in [1.54, 1.807) is 4.90 Å². The molecule has 1 aliphatic rings. The van der Waals surface area contributed by atoms with Crippen molar-refractivity contribution < 1.29 is 14.3 Å². The van der Waals surface area contributed by atoms with Crippen molar-refractivity contribution in [2.75, 3.05) is 26.2 Å². The normalized spacial score (nSPS) is 19.0. The van der Waals surface area contributed by atoms with E-state index >= 15 is 0 Å². The van der Waals surface area contributed by atoms with Crippen LogP contribution in [-0.2, 0) is 9.53 Å². The Bertz CT molecular complexity index is 758. The van der Waals surface area contributed by atoms with Gasteiger partial charge in [0.25, 0.3) is 5.91 Å². The number of nitrogens with two attached hydrogens (primary N) is 1. The molecule has 3 rings (SSSR count). The zero-order valence-corrected chi connectivity index (χ0v) is 14.2. The first-order chi connectivity index (χ1) is 12.1. The maximum Gasteiger partial charge on any atom is 0.272 e. The number of hydrogen-bond donors (Lipinski definition) is 3. The van der Waals surface area contributed by atoms with Crippen LogP contribution in [0.3, 0.4) is 0 Å². The molecule has 134 valence electrons. The predicted octanol–water partition coefficient (Wildman–Crippen LogP) is 0.257. The van der Waals surface area contributed by atoms with E-state index in [4.69, 9.17) is 10.5 Å². The molecule has 0 bridgehead atoms. The number of carbonyl (C=O) groups excluding carboxylic acids is 2. The van der Waals surface area contributed by atoms with Crippen molar-refractivity contribution in [2.45, 2.75) is 25.5 Å². The van der Waals surface area contributed by atoms with Gasteiger partial charge in [-0.15, -0.1) is 0 Å². The third kappa shape index (κ3) is 3.97. The number of aromatic nitrogens is 2. The molecule has 2 aromatic rings. The van der Waals surface area contributed by atoms with Crippen LogP contribution in [-0.4, -0.2) is 65.3 Å². The van der Waals surface area contributed by atoms with E-state index in [0.717, 1.165) is 10.9 Å². The van der Waals surface area contributed by atoms with Gasteiger partial charge < -0.3 is 20.7 Å². The summed E-state index contributed by atoms with van der Waals surface area (Å²) in [4.78, 5) is 26.3. The Morgan fingerprint density at radius 1 is 1.48 bits per heavy atom. The Kier molecular flexibility index (Phi) is 5.30. The van der Waals surface area contributed by atoms with E-state index in [-0.39, 0.29) is 36.9 Å². The lowest BCUT2D eigenvalue weighted by atomic mass is 10.1. The van der Waals surface area contributed by atoms with Gasteiger partial charge in [0.05, 0.1) is 18.2 Å². The van der Waals surface area contributed by atoms with Gasteiger partial charge in [0, 0.05) is 37.5 Å². The number of fused-ring (bicyclic) bond motifs is 1. The zero-order chi connectivity index (χ0) is 17.8. The van der Waals surface area contributed by atoms with Crippen LogP contribution in [0.4, 0.5) is 0 Å². The Balaban J connectivity index is 1.50. The molecule has 2 amide bonds. The van der Waals surface area contributed by atoms with E-state index in [2.05, 4.69) is 15.5 Å². The minimum atomic E-state index is -0.291. The largest absolute Gasteiger partial charge is 0.373 e. The fourth-order valence-electron chi connectivity index (χ4n) is 2.88. The van der Waals surface area contributed by atoms with Gasteiger partial charge in [-0.25, -0.2) is 0 Å². The summed E-state index contributed by atoms with van der Waals surface area (Å²) in [6.07, 6.45) is 0.0995. The van der Waals surface area contributed by atoms with E-state index in [0.29, 0.717) is 25.4 Å². The monoisotopic (exact) mass is 345 g/mol. The van der Waals surface area contributed by atoms with Crippen molar-refractivity contribution in [1.82, 2.24) is 20.4 Å². The highest BCUT2D eigenvalue weighted by Gasteiger charge is 2.26. The van der Waals surface area contributed by atoms with Crippen LogP contribution in [0.25, 0.3) is 10.9 Å². The molecule has 2 heterocycles. The number of benzene rings is 1. The number of para-hydroxylation sites is 1. The van der Waals surface area contributed by atoms with Gasteiger partial charge in [-0.3, -0.25) is 14.7 Å². The smallest absolute Gasteiger partial charge is 0.272 e. The maximum absolute atomic E-state index is 12.3. The van der Waals surface area contributed by atoms with Gasteiger partial charge in [-0.2, -0.15) is 5.10 Å². The fourth-order valence-corrected chi connectivity index (χ4v) is 2.88. The summed E-state index contributed by atoms with van der Waals surface area (Å²) in [5, 5.41) is 10.4. The van der Waals surface area contributed by atoms with Crippen LogP contribution in [0, 0.1) is 0 Å². The summed E-state index contributed by atoms with van der Waals surface area (Å²) in [6, 6.07) is 7.30. The number of rotatable bonds is 5. The third-order valence-corrected chi connectivity index (χ3v) is 4.34. The van der Waals surface area contributed by atoms with E-state index < -0.39 is 0 Å². The van der Waals surface area contributed by atoms with Gasteiger partial charge in [-0.1, -0.05) is 18.2 Å². The Hall–Kier alpha value is -2.45. The van der Waals surface area contributed by atoms with Crippen LogP contribution >= 0.6 is 0 Å². The second kappa shape index (κ2) is 7.62. The van der Waals surface area contributed by atoms with Crippen LogP contribution in [0.5, 0.6) is 0 Å². The van der Waals surface area contributed by atoms with Crippen LogP contribution in [0.2, 0.25) is 0 Å². The zero-order valence-electron chi connectivity index (χ0n) is 14.2. The maximum atomic E-state index is 12.3. The molecule has 2 unspecified atom stereocenters. The second-order valence-electron chi connectivity index (χ2n) is 6.23. The number of nitrogens with zero attached hydrogens (tertiary/aromatic N) is 2. The molecule has 1 saturated heterocycles. The molecule has 0 saturated carbocycles. The molecule has 25 heavy (non-hydrogen) atoms. The first-order valence-corrected chi connectivity index (χ1v) is 8.42. The van der Waals surface area contributed by atoms with Crippen molar-refractivity contribution in [3.05, 3.63) is 30.0 Å². The lowest BCUT2D eigenvalue weighted by molar-refractivity contribution is -0.139. The average Bonchev–Trinajstić information content (AvgIpc) is 3.05. The molecule has 0 spiro atoms. The van der Waals surface area contributed by atoms with E-state index in [9.17, 15) is 9.59 Å². The highest BCUT2D eigenvalue weighted by atomic mass is 16.5.